The van der Waals surface area contributed by atoms with E-state index in [2.05, 4.69) is 19.2 Å². The lowest BCUT2D eigenvalue weighted by molar-refractivity contribution is -0.114. The van der Waals surface area contributed by atoms with Crippen LogP contribution in [0, 0.1) is 0 Å². The fourth-order valence-corrected chi connectivity index (χ4v) is 3.11. The average molecular weight is 280 g/mol. The quantitative estimate of drug-likeness (QED) is 0.750. The molecule has 0 aliphatic carbocycles. The normalized spacial score (nSPS) is 13.9. The third-order valence-electron chi connectivity index (χ3n) is 2.96. The summed E-state index contributed by atoms with van der Waals surface area (Å²) in [6, 6.07) is 8.19. The first-order valence-corrected chi connectivity index (χ1v) is 7.74. The molecule has 0 fully saturated rings. The van der Waals surface area contributed by atoms with Crippen molar-refractivity contribution in [2.75, 3.05) is 5.32 Å². The summed E-state index contributed by atoms with van der Waals surface area (Å²) in [6.45, 7) is 5.86. The van der Waals surface area contributed by atoms with Gasteiger partial charge in [0.15, 0.2) is 0 Å². The zero-order valence-corrected chi connectivity index (χ0v) is 12.8. The van der Waals surface area contributed by atoms with Gasteiger partial charge in [0.2, 0.25) is 5.91 Å². The minimum atomic E-state index is -0.0446. The second-order valence-corrected chi connectivity index (χ2v) is 6.04. The molecule has 1 aromatic rings. The Balaban J connectivity index is 2.62. The predicted octanol–water partition coefficient (Wildman–Crippen LogP) is 3.64. The highest BCUT2D eigenvalue weighted by molar-refractivity contribution is 8.00. The number of hydrogen-bond acceptors (Lipinski definition) is 3. The van der Waals surface area contributed by atoms with Gasteiger partial charge in [-0.3, -0.25) is 4.79 Å². The summed E-state index contributed by atoms with van der Waals surface area (Å²) in [4.78, 5) is 12.2. The molecule has 0 aliphatic rings. The molecule has 1 rings (SSSR count). The van der Waals surface area contributed by atoms with E-state index in [9.17, 15) is 4.79 Å². The van der Waals surface area contributed by atoms with Crippen LogP contribution in [0.25, 0.3) is 0 Å². The van der Waals surface area contributed by atoms with Crippen molar-refractivity contribution in [2.45, 2.75) is 56.2 Å². The predicted molar refractivity (Wildman–Crippen MR) is 83.6 cm³/mol. The summed E-state index contributed by atoms with van der Waals surface area (Å²) in [5, 5.41) is 3.22. The van der Waals surface area contributed by atoms with Gasteiger partial charge in [0.1, 0.15) is 0 Å². The summed E-state index contributed by atoms with van der Waals surface area (Å²) >= 11 is 1.83. The zero-order chi connectivity index (χ0) is 14.3. The van der Waals surface area contributed by atoms with Gasteiger partial charge in [-0.05, 0) is 37.1 Å². The molecular formula is C15H24N2OS. The van der Waals surface area contributed by atoms with Gasteiger partial charge in [-0.25, -0.2) is 0 Å². The van der Waals surface area contributed by atoms with E-state index in [0.29, 0.717) is 5.25 Å². The molecule has 1 aromatic carbocycles. The van der Waals surface area contributed by atoms with Gasteiger partial charge in [0.05, 0.1) is 0 Å². The third-order valence-corrected chi connectivity index (χ3v) is 4.49. The molecule has 0 heterocycles. The molecular weight excluding hydrogens is 256 g/mol. The Kier molecular flexibility index (Phi) is 6.95. The highest BCUT2D eigenvalue weighted by Crippen LogP contribution is 2.29. The summed E-state index contributed by atoms with van der Waals surface area (Å²) < 4.78 is 0. The molecule has 0 aliphatic heterocycles. The smallest absolute Gasteiger partial charge is 0.221 e. The molecule has 2 atom stereocenters. The van der Waals surface area contributed by atoms with E-state index in [-0.39, 0.29) is 11.9 Å². The largest absolute Gasteiger partial charge is 0.327 e. The van der Waals surface area contributed by atoms with E-state index in [1.165, 1.54) is 11.8 Å². The maximum Gasteiger partial charge on any atom is 0.221 e. The zero-order valence-electron chi connectivity index (χ0n) is 12.0. The van der Waals surface area contributed by atoms with Crippen molar-refractivity contribution in [3.05, 3.63) is 24.3 Å². The van der Waals surface area contributed by atoms with E-state index < -0.39 is 0 Å². The molecule has 106 valence electrons. The van der Waals surface area contributed by atoms with Crippen LogP contribution in [0.3, 0.4) is 0 Å². The van der Waals surface area contributed by atoms with E-state index in [0.717, 1.165) is 24.9 Å². The van der Waals surface area contributed by atoms with Crippen LogP contribution in [0.15, 0.2) is 29.2 Å². The number of hydrogen-bond donors (Lipinski definition) is 2. The Morgan fingerprint density at radius 2 is 1.95 bits per heavy atom. The number of thioether (sulfide) groups is 1. The van der Waals surface area contributed by atoms with Crippen LogP contribution in [0.4, 0.5) is 5.69 Å². The molecule has 0 saturated carbocycles. The first-order valence-electron chi connectivity index (χ1n) is 6.86. The van der Waals surface area contributed by atoms with Crippen molar-refractivity contribution < 1.29 is 4.79 Å². The number of carbonyl (C=O) groups is 1. The van der Waals surface area contributed by atoms with E-state index in [4.69, 9.17) is 5.73 Å². The molecule has 19 heavy (non-hydrogen) atoms. The number of nitrogens with two attached hydrogens (primary N) is 1. The maximum atomic E-state index is 11.0. The SMILES string of the molecule is CCCC(N)C(CC)Sc1ccc(NC(C)=O)cc1. The molecule has 0 bridgehead atoms. The van der Waals surface area contributed by atoms with Crippen molar-refractivity contribution in [1.82, 2.24) is 0 Å². The Morgan fingerprint density at radius 3 is 2.42 bits per heavy atom. The van der Waals surface area contributed by atoms with Gasteiger partial charge in [0, 0.05) is 28.8 Å². The van der Waals surface area contributed by atoms with Crippen LogP contribution in [0.1, 0.15) is 40.0 Å². The number of rotatable bonds is 7. The lowest BCUT2D eigenvalue weighted by atomic mass is 10.1. The first-order chi connectivity index (χ1) is 9.06. The van der Waals surface area contributed by atoms with Crippen molar-refractivity contribution in [1.29, 1.82) is 0 Å². The minimum Gasteiger partial charge on any atom is -0.327 e. The molecule has 2 unspecified atom stereocenters. The fourth-order valence-electron chi connectivity index (χ4n) is 1.99. The van der Waals surface area contributed by atoms with Gasteiger partial charge in [-0.1, -0.05) is 20.3 Å². The average Bonchev–Trinajstić information content (AvgIpc) is 2.37. The van der Waals surface area contributed by atoms with E-state index in [1.807, 2.05) is 36.0 Å². The van der Waals surface area contributed by atoms with Crippen molar-refractivity contribution >= 4 is 23.4 Å². The van der Waals surface area contributed by atoms with Crippen LogP contribution in [-0.4, -0.2) is 17.2 Å². The van der Waals surface area contributed by atoms with Gasteiger partial charge < -0.3 is 11.1 Å². The molecule has 0 spiro atoms. The van der Waals surface area contributed by atoms with Crippen LogP contribution in [0.5, 0.6) is 0 Å². The molecule has 1 amide bonds. The molecule has 3 nitrogen and oxygen atoms in total. The molecule has 0 saturated heterocycles. The topological polar surface area (TPSA) is 55.1 Å². The molecule has 0 aromatic heterocycles. The number of carbonyl (C=O) groups excluding carboxylic acids is 1. The van der Waals surface area contributed by atoms with Crippen LogP contribution in [-0.2, 0) is 4.79 Å². The first kappa shape index (κ1) is 16.1. The van der Waals surface area contributed by atoms with Crippen LogP contribution < -0.4 is 11.1 Å². The minimum absolute atomic E-state index is 0.0446. The Hall–Kier alpha value is -1.00. The molecule has 4 heteroatoms. The van der Waals surface area contributed by atoms with E-state index >= 15 is 0 Å². The summed E-state index contributed by atoms with van der Waals surface area (Å²) in [5.41, 5.74) is 7.04. The number of benzene rings is 1. The van der Waals surface area contributed by atoms with Gasteiger partial charge in [-0.2, -0.15) is 0 Å². The highest BCUT2D eigenvalue weighted by atomic mass is 32.2. The van der Waals surface area contributed by atoms with Crippen molar-refractivity contribution in [3.8, 4) is 0 Å². The Morgan fingerprint density at radius 1 is 1.32 bits per heavy atom. The molecule has 3 N–H and O–H groups in total. The third kappa shape index (κ3) is 5.66. The van der Waals surface area contributed by atoms with Crippen LogP contribution in [0.2, 0.25) is 0 Å². The standard InChI is InChI=1S/C15H24N2OS/c1-4-6-14(16)15(5-2)19-13-9-7-12(8-10-13)17-11(3)18/h7-10,14-15H,4-6,16H2,1-3H3,(H,17,18). The molecule has 0 radical (unpaired) electrons. The van der Waals surface area contributed by atoms with E-state index in [1.54, 1.807) is 0 Å². The van der Waals surface area contributed by atoms with Gasteiger partial charge in [0.25, 0.3) is 0 Å². The van der Waals surface area contributed by atoms with Gasteiger partial charge in [-0.15, -0.1) is 11.8 Å². The number of anilines is 1. The lowest BCUT2D eigenvalue weighted by Gasteiger charge is -2.21. The summed E-state index contributed by atoms with van der Waals surface area (Å²) in [5.74, 6) is -0.0446. The second kappa shape index (κ2) is 8.23. The summed E-state index contributed by atoms with van der Waals surface area (Å²) in [7, 11) is 0. The Labute approximate surface area is 120 Å². The van der Waals surface area contributed by atoms with Gasteiger partial charge >= 0.3 is 0 Å². The number of amides is 1. The monoisotopic (exact) mass is 280 g/mol. The van der Waals surface area contributed by atoms with Crippen molar-refractivity contribution in [3.63, 3.8) is 0 Å². The highest BCUT2D eigenvalue weighted by Gasteiger charge is 2.16. The fraction of sp³-hybridized carbons (Fsp3) is 0.533. The lowest BCUT2D eigenvalue weighted by Crippen LogP contribution is -2.31. The summed E-state index contributed by atoms with van der Waals surface area (Å²) in [6.07, 6.45) is 3.26. The maximum absolute atomic E-state index is 11.0. The second-order valence-electron chi connectivity index (χ2n) is 4.72. The van der Waals surface area contributed by atoms with Crippen LogP contribution >= 0.6 is 11.8 Å². The Bertz CT molecular complexity index is 392. The van der Waals surface area contributed by atoms with Crippen molar-refractivity contribution in [2.24, 2.45) is 5.73 Å². The number of nitrogens with one attached hydrogen (secondary N) is 1.